The minimum Gasteiger partial charge on any atom is -0.273 e. The van der Waals surface area contributed by atoms with Crippen LogP contribution in [0.2, 0.25) is 0 Å². The van der Waals surface area contributed by atoms with Gasteiger partial charge in [-0.25, -0.2) is 4.39 Å². The van der Waals surface area contributed by atoms with Gasteiger partial charge in [-0.1, -0.05) is 18.2 Å². The van der Waals surface area contributed by atoms with Crippen molar-refractivity contribution in [1.29, 1.82) is 0 Å². The minimum atomic E-state index is -0.403. The highest BCUT2D eigenvalue weighted by Crippen LogP contribution is 2.59. The van der Waals surface area contributed by atoms with Crippen molar-refractivity contribution in [3.8, 4) is 0 Å². The SMILES string of the molecule is O=C(Cc1ccccc1F)NNC(=O)C12CC3CC(CC(C3)C1)C2. The van der Waals surface area contributed by atoms with Crippen LogP contribution in [0.15, 0.2) is 24.3 Å². The van der Waals surface area contributed by atoms with Gasteiger partial charge in [0.1, 0.15) is 5.82 Å². The predicted octanol–water partition coefficient (Wildman–Crippen LogP) is 2.73. The molecule has 0 unspecified atom stereocenters. The van der Waals surface area contributed by atoms with Crippen LogP contribution < -0.4 is 10.9 Å². The van der Waals surface area contributed by atoms with Crippen LogP contribution >= 0.6 is 0 Å². The maximum atomic E-state index is 13.6. The molecule has 4 nitrogen and oxygen atoms in total. The second kappa shape index (κ2) is 5.87. The molecular weight excluding hydrogens is 307 g/mol. The topological polar surface area (TPSA) is 58.2 Å². The Hall–Kier alpha value is -1.91. The standard InChI is InChI=1S/C19H23FN2O2/c20-16-4-2-1-3-15(16)8-17(23)21-22-18(24)19-9-12-5-13(10-19)7-14(6-12)11-19/h1-4,12-14H,5-11H2,(H,21,23)(H,22,24). The first-order valence-electron chi connectivity index (χ1n) is 8.87. The van der Waals surface area contributed by atoms with Crippen LogP contribution in [0.3, 0.4) is 0 Å². The Bertz CT molecular complexity index is 638. The van der Waals surface area contributed by atoms with Gasteiger partial charge in [0.2, 0.25) is 11.8 Å². The van der Waals surface area contributed by atoms with Crippen molar-refractivity contribution < 1.29 is 14.0 Å². The number of hydrogen-bond acceptors (Lipinski definition) is 2. The third-order valence-electron chi connectivity index (χ3n) is 6.14. The molecule has 4 aliphatic carbocycles. The van der Waals surface area contributed by atoms with Crippen molar-refractivity contribution >= 4 is 11.8 Å². The molecule has 0 aromatic heterocycles. The van der Waals surface area contributed by atoms with Crippen LogP contribution in [0.1, 0.15) is 44.1 Å². The Kier molecular flexibility index (Phi) is 3.82. The molecule has 0 atom stereocenters. The molecule has 5 heteroatoms. The van der Waals surface area contributed by atoms with Gasteiger partial charge in [-0.2, -0.15) is 0 Å². The third-order valence-corrected chi connectivity index (χ3v) is 6.14. The monoisotopic (exact) mass is 330 g/mol. The van der Waals surface area contributed by atoms with Crippen LogP contribution in [0.5, 0.6) is 0 Å². The summed E-state index contributed by atoms with van der Waals surface area (Å²) in [4.78, 5) is 24.7. The lowest BCUT2D eigenvalue weighted by Crippen LogP contribution is -2.56. The largest absolute Gasteiger partial charge is 0.273 e. The number of halogens is 1. The second-order valence-corrected chi connectivity index (χ2v) is 7.97. The van der Waals surface area contributed by atoms with Crippen LogP contribution in [-0.4, -0.2) is 11.8 Å². The summed E-state index contributed by atoms with van der Waals surface area (Å²) in [6, 6.07) is 6.19. The summed E-state index contributed by atoms with van der Waals surface area (Å²) >= 11 is 0. The third kappa shape index (κ3) is 2.80. The van der Waals surface area contributed by atoms with Gasteiger partial charge < -0.3 is 0 Å². The Morgan fingerprint density at radius 1 is 1.00 bits per heavy atom. The molecule has 1 aromatic rings. The lowest BCUT2D eigenvalue weighted by Gasteiger charge is -2.55. The fraction of sp³-hybridized carbons (Fsp3) is 0.579. The molecule has 2 amide bonds. The second-order valence-electron chi connectivity index (χ2n) is 7.97. The molecule has 4 fully saturated rings. The van der Waals surface area contributed by atoms with Crippen molar-refractivity contribution in [2.45, 2.75) is 44.9 Å². The molecule has 0 spiro atoms. The predicted molar refractivity (Wildman–Crippen MR) is 87.0 cm³/mol. The van der Waals surface area contributed by atoms with Gasteiger partial charge in [0.15, 0.2) is 0 Å². The van der Waals surface area contributed by atoms with Crippen LogP contribution in [-0.2, 0) is 16.0 Å². The number of amides is 2. The van der Waals surface area contributed by atoms with Crippen molar-refractivity contribution in [2.24, 2.45) is 23.2 Å². The zero-order chi connectivity index (χ0) is 16.7. The molecule has 24 heavy (non-hydrogen) atoms. The summed E-state index contributed by atoms with van der Waals surface area (Å²) in [5.74, 6) is 1.19. The molecule has 2 N–H and O–H groups in total. The number of nitrogens with one attached hydrogen (secondary N) is 2. The van der Waals surface area contributed by atoms with E-state index in [2.05, 4.69) is 10.9 Å². The van der Waals surface area contributed by atoms with Gasteiger partial charge in [0, 0.05) is 0 Å². The summed E-state index contributed by atoms with van der Waals surface area (Å²) < 4.78 is 13.6. The van der Waals surface area contributed by atoms with Crippen LogP contribution in [0.4, 0.5) is 4.39 Å². The van der Waals surface area contributed by atoms with E-state index in [0.717, 1.165) is 19.3 Å². The van der Waals surface area contributed by atoms with E-state index in [1.165, 1.54) is 25.3 Å². The van der Waals surface area contributed by atoms with Crippen LogP contribution in [0, 0.1) is 29.0 Å². The van der Waals surface area contributed by atoms with Crippen molar-refractivity contribution in [1.82, 2.24) is 10.9 Å². The molecule has 4 bridgehead atoms. The smallest absolute Gasteiger partial charge is 0.244 e. The lowest BCUT2D eigenvalue weighted by atomic mass is 9.49. The van der Waals surface area contributed by atoms with E-state index in [9.17, 15) is 14.0 Å². The summed E-state index contributed by atoms with van der Waals surface area (Å²) in [7, 11) is 0. The maximum absolute atomic E-state index is 13.6. The highest BCUT2D eigenvalue weighted by Gasteiger charge is 2.54. The van der Waals surface area contributed by atoms with E-state index in [0.29, 0.717) is 23.3 Å². The number of carbonyl (C=O) groups excluding carboxylic acids is 2. The molecule has 5 rings (SSSR count). The summed E-state index contributed by atoms with van der Waals surface area (Å²) in [5, 5.41) is 0. The van der Waals surface area contributed by atoms with E-state index in [4.69, 9.17) is 0 Å². The molecule has 0 aliphatic heterocycles. The number of benzene rings is 1. The molecule has 0 heterocycles. The molecule has 4 aliphatic rings. The van der Waals surface area contributed by atoms with Crippen molar-refractivity contribution in [3.63, 3.8) is 0 Å². The van der Waals surface area contributed by atoms with Gasteiger partial charge in [0.05, 0.1) is 11.8 Å². The van der Waals surface area contributed by atoms with E-state index in [1.807, 2.05) is 0 Å². The summed E-state index contributed by atoms with van der Waals surface area (Å²) in [6.07, 6.45) is 6.59. The molecular formula is C19H23FN2O2. The molecule has 1 aromatic carbocycles. The normalized spacial score (nSPS) is 33.3. The van der Waals surface area contributed by atoms with Gasteiger partial charge in [-0.05, 0) is 67.9 Å². The van der Waals surface area contributed by atoms with Gasteiger partial charge in [0.25, 0.3) is 0 Å². The first kappa shape index (κ1) is 15.6. The van der Waals surface area contributed by atoms with Crippen LogP contribution in [0.25, 0.3) is 0 Å². The molecule has 4 saturated carbocycles. The first-order valence-corrected chi connectivity index (χ1v) is 8.87. The average Bonchev–Trinajstić information content (AvgIpc) is 2.53. The highest BCUT2D eigenvalue weighted by atomic mass is 19.1. The van der Waals surface area contributed by atoms with E-state index < -0.39 is 11.7 Å². The van der Waals surface area contributed by atoms with E-state index in [-0.39, 0.29) is 17.7 Å². The fourth-order valence-corrected chi connectivity index (χ4v) is 5.51. The summed E-state index contributed by atoms with van der Waals surface area (Å²) in [5.41, 5.74) is 5.14. The molecule has 128 valence electrons. The highest BCUT2D eigenvalue weighted by molar-refractivity contribution is 5.86. The van der Waals surface area contributed by atoms with E-state index >= 15 is 0 Å². The van der Waals surface area contributed by atoms with Crippen molar-refractivity contribution in [2.75, 3.05) is 0 Å². The van der Waals surface area contributed by atoms with Gasteiger partial charge in [-0.3, -0.25) is 20.4 Å². The number of carbonyl (C=O) groups is 2. The first-order chi connectivity index (χ1) is 11.5. The Morgan fingerprint density at radius 3 is 2.17 bits per heavy atom. The molecule has 0 saturated heterocycles. The summed E-state index contributed by atoms with van der Waals surface area (Å²) in [6.45, 7) is 0. The number of rotatable bonds is 3. The van der Waals surface area contributed by atoms with Crippen molar-refractivity contribution in [3.05, 3.63) is 35.6 Å². The number of hydrogen-bond donors (Lipinski definition) is 2. The zero-order valence-electron chi connectivity index (χ0n) is 13.7. The Balaban J connectivity index is 1.35. The van der Waals surface area contributed by atoms with E-state index in [1.54, 1.807) is 18.2 Å². The van der Waals surface area contributed by atoms with Gasteiger partial charge in [-0.15, -0.1) is 0 Å². The Morgan fingerprint density at radius 2 is 1.58 bits per heavy atom. The van der Waals surface area contributed by atoms with Gasteiger partial charge >= 0.3 is 0 Å². The maximum Gasteiger partial charge on any atom is 0.244 e. The number of hydrazine groups is 1. The quantitative estimate of drug-likeness (QED) is 0.837. The lowest BCUT2D eigenvalue weighted by molar-refractivity contribution is -0.148. The zero-order valence-corrected chi connectivity index (χ0v) is 13.7. The fourth-order valence-electron chi connectivity index (χ4n) is 5.51. The molecule has 0 radical (unpaired) electrons. The minimum absolute atomic E-state index is 0.0523. The average molecular weight is 330 g/mol. The Labute approximate surface area is 141 Å².